The molecule has 0 aromatic heterocycles. The van der Waals surface area contributed by atoms with Crippen LogP contribution in [-0.2, 0) is 11.3 Å². The van der Waals surface area contributed by atoms with Crippen LogP contribution in [0.2, 0.25) is 0 Å². The molecule has 3 nitrogen and oxygen atoms in total. The molecule has 0 heterocycles. The summed E-state index contributed by atoms with van der Waals surface area (Å²) in [5.74, 6) is -1.21. The third-order valence-electron chi connectivity index (χ3n) is 3.15. The van der Waals surface area contributed by atoms with E-state index in [1.165, 1.54) is 5.56 Å². The van der Waals surface area contributed by atoms with Crippen molar-refractivity contribution in [3.63, 3.8) is 0 Å². The molecule has 3 heteroatoms. The SMILES string of the molecule is CCN(CC)Cc1ccc(C(C)C(=O)O)cc1. The van der Waals surface area contributed by atoms with Crippen LogP contribution < -0.4 is 0 Å². The van der Waals surface area contributed by atoms with E-state index in [9.17, 15) is 4.79 Å². The highest BCUT2D eigenvalue weighted by Gasteiger charge is 2.13. The zero-order valence-corrected chi connectivity index (χ0v) is 10.8. The molecular formula is C14H21NO2. The van der Waals surface area contributed by atoms with Gasteiger partial charge in [0.1, 0.15) is 0 Å². The summed E-state index contributed by atoms with van der Waals surface area (Å²) in [5, 5.41) is 8.92. The van der Waals surface area contributed by atoms with Crippen LogP contribution in [0.25, 0.3) is 0 Å². The number of aliphatic carboxylic acids is 1. The van der Waals surface area contributed by atoms with Crippen molar-refractivity contribution in [3.05, 3.63) is 35.4 Å². The second-order valence-electron chi connectivity index (χ2n) is 4.26. The Kier molecular flexibility index (Phi) is 5.16. The number of hydrogen-bond donors (Lipinski definition) is 1. The fraction of sp³-hybridized carbons (Fsp3) is 0.500. The van der Waals surface area contributed by atoms with Gasteiger partial charge in [-0.2, -0.15) is 0 Å². The Morgan fingerprint density at radius 1 is 1.24 bits per heavy atom. The maximum atomic E-state index is 10.8. The van der Waals surface area contributed by atoms with Crippen LogP contribution >= 0.6 is 0 Å². The quantitative estimate of drug-likeness (QED) is 0.824. The second-order valence-corrected chi connectivity index (χ2v) is 4.26. The Labute approximate surface area is 103 Å². The monoisotopic (exact) mass is 235 g/mol. The minimum atomic E-state index is -0.776. The zero-order valence-electron chi connectivity index (χ0n) is 10.8. The molecule has 1 aromatic carbocycles. The molecule has 1 aromatic rings. The summed E-state index contributed by atoms with van der Waals surface area (Å²) in [4.78, 5) is 13.2. The Balaban J connectivity index is 2.71. The Hall–Kier alpha value is -1.35. The van der Waals surface area contributed by atoms with Crippen LogP contribution in [0.15, 0.2) is 24.3 Å². The molecule has 0 saturated carbocycles. The molecule has 17 heavy (non-hydrogen) atoms. The number of carboxylic acid groups (broad SMARTS) is 1. The Bertz CT molecular complexity index is 355. The van der Waals surface area contributed by atoms with Crippen molar-refractivity contribution in [1.82, 2.24) is 4.90 Å². The molecule has 0 radical (unpaired) electrons. The van der Waals surface area contributed by atoms with Gasteiger partial charge in [0.2, 0.25) is 0 Å². The van der Waals surface area contributed by atoms with Gasteiger partial charge in [-0.1, -0.05) is 38.1 Å². The maximum absolute atomic E-state index is 10.8. The summed E-state index contributed by atoms with van der Waals surface area (Å²) in [5.41, 5.74) is 2.09. The highest BCUT2D eigenvalue weighted by molar-refractivity contribution is 5.75. The van der Waals surface area contributed by atoms with Gasteiger partial charge in [0.05, 0.1) is 5.92 Å². The number of rotatable bonds is 6. The summed E-state index contributed by atoms with van der Waals surface area (Å²) < 4.78 is 0. The predicted octanol–water partition coefficient (Wildman–Crippen LogP) is 2.72. The van der Waals surface area contributed by atoms with E-state index in [4.69, 9.17) is 5.11 Å². The topological polar surface area (TPSA) is 40.5 Å². The summed E-state index contributed by atoms with van der Waals surface area (Å²) >= 11 is 0. The van der Waals surface area contributed by atoms with Crippen LogP contribution in [0.4, 0.5) is 0 Å². The van der Waals surface area contributed by atoms with Crippen molar-refractivity contribution < 1.29 is 9.90 Å². The van der Waals surface area contributed by atoms with Crippen LogP contribution in [0.1, 0.15) is 37.8 Å². The maximum Gasteiger partial charge on any atom is 0.310 e. The first-order valence-electron chi connectivity index (χ1n) is 6.12. The minimum Gasteiger partial charge on any atom is -0.481 e. The smallest absolute Gasteiger partial charge is 0.310 e. The first-order valence-corrected chi connectivity index (χ1v) is 6.12. The van der Waals surface area contributed by atoms with Gasteiger partial charge in [0.15, 0.2) is 0 Å². The second kappa shape index (κ2) is 6.40. The molecule has 0 aliphatic carbocycles. The number of carbonyl (C=O) groups is 1. The minimum absolute atomic E-state index is 0.433. The summed E-state index contributed by atoms with van der Waals surface area (Å²) in [6.45, 7) is 8.98. The summed E-state index contributed by atoms with van der Waals surface area (Å²) in [7, 11) is 0. The van der Waals surface area contributed by atoms with Crippen molar-refractivity contribution in [2.45, 2.75) is 33.2 Å². The van der Waals surface area contributed by atoms with Gasteiger partial charge in [-0.05, 0) is 31.1 Å². The largest absolute Gasteiger partial charge is 0.481 e. The lowest BCUT2D eigenvalue weighted by atomic mass is 10.00. The molecule has 0 aliphatic heterocycles. The van der Waals surface area contributed by atoms with Gasteiger partial charge >= 0.3 is 5.97 Å². The lowest BCUT2D eigenvalue weighted by molar-refractivity contribution is -0.138. The van der Waals surface area contributed by atoms with E-state index in [1.807, 2.05) is 24.3 Å². The lowest BCUT2D eigenvalue weighted by Gasteiger charge is -2.18. The summed E-state index contributed by atoms with van der Waals surface area (Å²) in [6, 6.07) is 7.87. The van der Waals surface area contributed by atoms with Gasteiger partial charge in [-0.25, -0.2) is 0 Å². The van der Waals surface area contributed by atoms with Crippen molar-refractivity contribution in [2.75, 3.05) is 13.1 Å². The van der Waals surface area contributed by atoms with Gasteiger partial charge in [-0.15, -0.1) is 0 Å². The average Bonchev–Trinajstić information content (AvgIpc) is 2.35. The van der Waals surface area contributed by atoms with Crippen molar-refractivity contribution in [2.24, 2.45) is 0 Å². The molecule has 94 valence electrons. The number of benzene rings is 1. The third-order valence-corrected chi connectivity index (χ3v) is 3.15. The number of nitrogens with zero attached hydrogens (tertiary/aromatic N) is 1. The zero-order chi connectivity index (χ0) is 12.8. The molecule has 0 saturated heterocycles. The van der Waals surface area contributed by atoms with E-state index in [2.05, 4.69) is 18.7 Å². The molecule has 0 aliphatic rings. The van der Waals surface area contributed by atoms with Gasteiger partial charge in [0, 0.05) is 6.54 Å². The highest BCUT2D eigenvalue weighted by atomic mass is 16.4. The van der Waals surface area contributed by atoms with Crippen LogP contribution in [-0.4, -0.2) is 29.1 Å². The molecule has 1 N–H and O–H groups in total. The van der Waals surface area contributed by atoms with Crippen LogP contribution in [0, 0.1) is 0 Å². The fourth-order valence-corrected chi connectivity index (χ4v) is 1.76. The van der Waals surface area contributed by atoms with Crippen molar-refractivity contribution in [1.29, 1.82) is 0 Å². The Morgan fingerprint density at radius 3 is 2.18 bits per heavy atom. The number of carboxylic acids is 1. The van der Waals surface area contributed by atoms with E-state index >= 15 is 0 Å². The van der Waals surface area contributed by atoms with Gasteiger partial charge in [-0.3, -0.25) is 9.69 Å². The molecule has 0 amide bonds. The van der Waals surface area contributed by atoms with E-state index in [-0.39, 0.29) is 0 Å². The molecule has 1 rings (SSSR count). The molecule has 1 unspecified atom stereocenters. The van der Waals surface area contributed by atoms with E-state index < -0.39 is 11.9 Å². The first-order chi connectivity index (χ1) is 8.08. The fourth-order valence-electron chi connectivity index (χ4n) is 1.76. The van der Waals surface area contributed by atoms with Gasteiger partial charge < -0.3 is 5.11 Å². The van der Waals surface area contributed by atoms with Crippen molar-refractivity contribution >= 4 is 5.97 Å². The Morgan fingerprint density at radius 2 is 1.76 bits per heavy atom. The highest BCUT2D eigenvalue weighted by Crippen LogP contribution is 2.16. The van der Waals surface area contributed by atoms with Crippen molar-refractivity contribution in [3.8, 4) is 0 Å². The van der Waals surface area contributed by atoms with E-state index in [0.717, 1.165) is 25.2 Å². The third kappa shape index (κ3) is 3.86. The molecule has 0 bridgehead atoms. The predicted molar refractivity (Wildman–Crippen MR) is 69.1 cm³/mol. The van der Waals surface area contributed by atoms with Crippen LogP contribution in [0.5, 0.6) is 0 Å². The summed E-state index contributed by atoms with van der Waals surface area (Å²) in [6.07, 6.45) is 0. The number of hydrogen-bond acceptors (Lipinski definition) is 2. The molecular weight excluding hydrogens is 214 g/mol. The first kappa shape index (κ1) is 13.7. The normalized spacial score (nSPS) is 12.7. The molecule has 0 fully saturated rings. The van der Waals surface area contributed by atoms with Gasteiger partial charge in [0.25, 0.3) is 0 Å². The average molecular weight is 235 g/mol. The lowest BCUT2D eigenvalue weighted by Crippen LogP contribution is -2.22. The van der Waals surface area contributed by atoms with E-state index in [0.29, 0.717) is 0 Å². The molecule has 0 spiro atoms. The molecule has 1 atom stereocenters. The standard InChI is InChI=1S/C14H21NO2/c1-4-15(5-2)10-12-6-8-13(9-7-12)11(3)14(16)17/h6-9,11H,4-5,10H2,1-3H3,(H,16,17). The van der Waals surface area contributed by atoms with Crippen LogP contribution in [0.3, 0.4) is 0 Å². The van der Waals surface area contributed by atoms with E-state index in [1.54, 1.807) is 6.92 Å².